The number of primary amides is 6. The summed E-state index contributed by atoms with van der Waals surface area (Å²) in [4.78, 5) is 120. The molecule has 13 unspecified atom stereocenters. The molecule has 17 N–H and O–H groups in total. The van der Waals surface area contributed by atoms with Gasteiger partial charge in [-0.3, -0.25) is 52.6 Å². The summed E-state index contributed by atoms with van der Waals surface area (Å²) in [6.07, 6.45) is -0.171. The number of fused-ring (bicyclic) bond motifs is 7. The van der Waals surface area contributed by atoms with Crippen LogP contribution in [0.25, 0.3) is 11.0 Å². The molecule has 6 aliphatic rings. The molecule has 15 atom stereocenters. The lowest BCUT2D eigenvalue weighted by Crippen LogP contribution is -2.48. The largest absolute Gasteiger partial charge is 0.394 e. The molecule has 0 spiro atoms. The maximum atomic E-state index is 14.1. The zero-order valence-corrected chi connectivity index (χ0v) is 53.7. The molecule has 486 valence electrons. The van der Waals surface area contributed by atoms with Crippen LogP contribution < -0.4 is 45.0 Å². The molecule has 2 saturated heterocycles. The third kappa shape index (κ3) is 13.5. The number of aliphatic imine (C=N–C) groups is 2. The number of benzene rings is 1. The Bertz CT molecular complexity index is 3480. The van der Waals surface area contributed by atoms with Gasteiger partial charge in [-0.1, -0.05) is 40.7 Å². The molecule has 89 heavy (non-hydrogen) atoms. The van der Waals surface area contributed by atoms with E-state index in [0.717, 1.165) is 22.4 Å². The Morgan fingerprint density at radius 3 is 1.99 bits per heavy atom. The minimum Gasteiger partial charge on any atom is -0.394 e. The number of imidazole rings is 1. The van der Waals surface area contributed by atoms with E-state index in [1.807, 2.05) is 86.6 Å². The lowest BCUT2D eigenvalue weighted by atomic mass is 9.60. The van der Waals surface area contributed by atoms with Crippen LogP contribution in [0.5, 0.6) is 0 Å². The molecule has 5 aliphatic heterocycles. The first-order valence-corrected chi connectivity index (χ1v) is 32.4. The van der Waals surface area contributed by atoms with E-state index < -0.39 is 150 Å². The molecule has 2 aromatic rings. The highest BCUT2D eigenvalue weighted by molar-refractivity contribution is 7.52. The van der Waals surface area contributed by atoms with Gasteiger partial charge < -0.3 is 69.4 Å². The fraction of sp³-hybridized carbons (Fsp3) is 0.619. The molecule has 1 aromatic carbocycles. The number of rotatable bonds is 26. The number of aliphatic hydroxyl groups is 2. The van der Waals surface area contributed by atoms with E-state index in [2.05, 4.69) is 15.6 Å². The number of amides is 7. The van der Waals surface area contributed by atoms with Crippen molar-refractivity contribution in [2.24, 2.45) is 89.7 Å². The molecule has 25 nitrogen and oxygen atoms in total. The average Bonchev–Trinajstić information content (AvgIpc) is 1.59. The second kappa shape index (κ2) is 25.8. The number of aromatic nitrogens is 2. The van der Waals surface area contributed by atoms with E-state index in [9.17, 15) is 53.2 Å². The molecule has 7 amide bonds. The van der Waals surface area contributed by atoms with Gasteiger partial charge >= 0.3 is 7.60 Å². The standard InChI is InChI=1S/C63H91N12O13P/c1-30-20-41-42(21-31(30)2)75(29-70-41)59-55(84)56(43(27-76)87-59)88-89(85,86)28-32(3)71-51(83)12-11-19-61(8)40(24-48(67)80)54-58-63(10,26-50(69)82)38(15-18-47(66)79)52(73-58)33(4)39-22-35(36(13-16-45(64)77)62(39,9)25-49(68)81)23-44-60(6,7)37(14-17-46(65)78)53(72-44)34(5)57(61)74-54/h20-23,29,32,36-38,40,43,54-56,58-59,72,76,84H,11-19,24-28H2,1-10H3,(H2,64,77)(H2,65,78)(H2,66,79)(H2,67,80)(H2,68,81)(H2,69,82)(H,71,83)(H,85,86)/b39-33?,44-23?,53-34-/t32?,36?,37?,38?,40?,43?,54?,55-,56+,58?,59?,61?,62?,63?/m1/s1. The first-order chi connectivity index (χ1) is 41.5. The number of allylic oxidation sites excluding steroid dienone is 8. The number of nitrogens with two attached hydrogens (primary N) is 6. The number of carbonyl (C=O) groups is 7. The number of aryl methyl sites for hydroxylation is 2. The number of nitrogens with one attached hydrogen (secondary N) is 2. The monoisotopic (exact) mass is 1250 g/mol. The van der Waals surface area contributed by atoms with Crippen molar-refractivity contribution >= 4 is 71.4 Å². The second-order valence-electron chi connectivity index (χ2n) is 27.2. The van der Waals surface area contributed by atoms with Crippen molar-refractivity contribution in [3.05, 3.63) is 75.4 Å². The number of aliphatic hydroxyl groups excluding tert-OH is 2. The Balaban J connectivity index is 1.17. The third-order valence-corrected chi connectivity index (χ3v) is 22.0. The van der Waals surface area contributed by atoms with Gasteiger partial charge in [0.15, 0.2) is 6.23 Å². The summed E-state index contributed by atoms with van der Waals surface area (Å²) in [5.74, 6) is -6.46. The fourth-order valence-electron chi connectivity index (χ4n) is 15.8. The normalized spacial score (nSPS) is 32.2. The van der Waals surface area contributed by atoms with Crippen molar-refractivity contribution in [2.75, 3.05) is 12.8 Å². The molecule has 0 saturated carbocycles. The van der Waals surface area contributed by atoms with Crippen LogP contribution in [0.15, 0.2) is 74.3 Å². The molecule has 26 heteroatoms. The number of carbonyl (C=O) groups excluding carboxylic acids is 7. The van der Waals surface area contributed by atoms with E-state index in [1.54, 1.807) is 4.57 Å². The lowest BCUT2D eigenvalue weighted by Gasteiger charge is -2.42. The SMILES string of the molecule is CC1=C2C=C(C=C3N/C(=C(/C)C4=NC(C(CC(N)=O)C4(C)CCCC(=O)NC(C)CP(=O)(O)O[C@H]4C(CO)OC(n5cnc6cc(C)c(C)cc65)[C@@H]4O)C4N=C1C(CCC(N)=O)C4(C)CC(N)=O)C(CCC(N)=O)C3(C)C)C(CCC(N)=O)C2(C)CC(N)=O. The number of ether oxygens (including phenoxy) is 1. The lowest BCUT2D eigenvalue weighted by molar-refractivity contribution is -0.122. The zero-order valence-electron chi connectivity index (χ0n) is 52.8. The van der Waals surface area contributed by atoms with E-state index in [1.165, 1.54) is 13.3 Å². The van der Waals surface area contributed by atoms with Crippen LogP contribution >= 0.6 is 7.60 Å². The number of nitrogens with zero attached hydrogens (tertiary/aromatic N) is 4. The van der Waals surface area contributed by atoms with E-state index in [4.69, 9.17) is 53.6 Å². The van der Waals surface area contributed by atoms with E-state index in [0.29, 0.717) is 51.3 Å². The minimum atomic E-state index is -4.63. The van der Waals surface area contributed by atoms with Crippen LogP contribution in [-0.2, 0) is 47.4 Å². The quantitative estimate of drug-likeness (QED) is 0.0598. The molecule has 1 aromatic heterocycles. The van der Waals surface area contributed by atoms with Crippen molar-refractivity contribution < 1.29 is 62.5 Å². The molecular formula is C63H91N12O13P. The van der Waals surface area contributed by atoms with Gasteiger partial charge in [-0.15, -0.1) is 0 Å². The molecule has 0 radical (unpaired) electrons. The number of hydrogen-bond donors (Lipinski definition) is 11. The maximum Gasteiger partial charge on any atom is 0.330 e. The Morgan fingerprint density at radius 2 is 1.39 bits per heavy atom. The third-order valence-electron chi connectivity index (χ3n) is 20.4. The Hall–Kier alpha value is -6.89. The summed E-state index contributed by atoms with van der Waals surface area (Å²) in [5, 5.41) is 28.4. The van der Waals surface area contributed by atoms with Crippen LogP contribution in [0, 0.1) is 59.2 Å². The number of hydrogen-bond acceptors (Lipinski definition) is 16. The minimum absolute atomic E-state index is 0.0103. The highest BCUT2D eigenvalue weighted by atomic mass is 31.2. The summed E-state index contributed by atoms with van der Waals surface area (Å²) in [6, 6.07) is 0.995. The van der Waals surface area contributed by atoms with E-state index >= 15 is 0 Å². The maximum absolute atomic E-state index is 14.1. The fourth-order valence-corrected chi connectivity index (χ4v) is 17.3. The second-order valence-corrected chi connectivity index (χ2v) is 29.0. The molecule has 6 heterocycles. The smallest absolute Gasteiger partial charge is 0.330 e. The van der Waals surface area contributed by atoms with Crippen LogP contribution in [0.4, 0.5) is 0 Å². The first-order valence-electron chi connectivity index (χ1n) is 30.6. The van der Waals surface area contributed by atoms with Crippen molar-refractivity contribution in [2.45, 2.75) is 189 Å². The van der Waals surface area contributed by atoms with Crippen LogP contribution in [0.1, 0.15) is 150 Å². The van der Waals surface area contributed by atoms with Gasteiger partial charge in [0.2, 0.25) is 41.4 Å². The Labute approximate surface area is 519 Å². The van der Waals surface area contributed by atoms with Gasteiger partial charge in [-0.25, -0.2) is 4.98 Å². The van der Waals surface area contributed by atoms with Gasteiger partial charge in [0.05, 0.1) is 42.2 Å². The van der Waals surface area contributed by atoms with Crippen LogP contribution in [0.2, 0.25) is 0 Å². The summed E-state index contributed by atoms with van der Waals surface area (Å²) < 4.78 is 27.2. The predicted octanol–water partition coefficient (Wildman–Crippen LogP) is 3.76. The van der Waals surface area contributed by atoms with Crippen molar-refractivity contribution in [1.29, 1.82) is 0 Å². The summed E-state index contributed by atoms with van der Waals surface area (Å²) in [7, 11) is -4.63. The summed E-state index contributed by atoms with van der Waals surface area (Å²) in [6.45, 7) is 18.4. The first kappa shape index (κ1) is 68.0. The van der Waals surface area contributed by atoms with Gasteiger partial charge in [-0.2, -0.15) is 0 Å². The van der Waals surface area contributed by atoms with Gasteiger partial charge in [0, 0.05) is 113 Å². The highest BCUT2D eigenvalue weighted by Crippen LogP contribution is 2.60. The van der Waals surface area contributed by atoms with Gasteiger partial charge in [0.1, 0.15) is 18.3 Å². The van der Waals surface area contributed by atoms with Crippen molar-refractivity contribution in [1.82, 2.24) is 20.2 Å². The van der Waals surface area contributed by atoms with Gasteiger partial charge in [0.25, 0.3) is 0 Å². The van der Waals surface area contributed by atoms with E-state index in [-0.39, 0.29) is 70.6 Å². The van der Waals surface area contributed by atoms with Crippen molar-refractivity contribution in [3.8, 4) is 0 Å². The molecule has 2 fully saturated rings. The molecular weight excluding hydrogens is 1160 g/mol. The Morgan fingerprint density at radius 1 is 0.787 bits per heavy atom. The van der Waals surface area contributed by atoms with Gasteiger partial charge in [-0.05, 0) is 124 Å². The zero-order chi connectivity index (χ0) is 65.8. The van der Waals surface area contributed by atoms with Crippen LogP contribution in [0.3, 0.4) is 0 Å². The van der Waals surface area contributed by atoms with Crippen molar-refractivity contribution in [3.63, 3.8) is 0 Å². The average molecular weight is 1260 g/mol. The predicted molar refractivity (Wildman–Crippen MR) is 333 cm³/mol. The summed E-state index contributed by atoms with van der Waals surface area (Å²) in [5.41, 5.74) is 40.5. The topological polar surface area (TPSA) is 438 Å². The summed E-state index contributed by atoms with van der Waals surface area (Å²) >= 11 is 0. The Kier molecular flexibility index (Phi) is 19.7. The highest BCUT2D eigenvalue weighted by Gasteiger charge is 2.61. The molecule has 8 bridgehead atoms. The molecule has 1 aliphatic carbocycles. The van der Waals surface area contributed by atoms with Crippen LogP contribution in [-0.4, -0.2) is 127 Å². The molecule has 8 rings (SSSR count).